The average molecular weight is 271 g/mol. The second kappa shape index (κ2) is 5.04. The molecule has 2 aliphatic rings. The second-order valence-electron chi connectivity index (χ2n) is 6.83. The van der Waals surface area contributed by atoms with Crippen molar-refractivity contribution in [2.75, 3.05) is 5.75 Å². The van der Waals surface area contributed by atoms with Crippen LogP contribution in [0.1, 0.15) is 52.9 Å². The molecule has 1 aliphatic heterocycles. The van der Waals surface area contributed by atoms with Crippen molar-refractivity contribution in [2.45, 2.75) is 63.8 Å². The largest absolute Gasteiger partial charge is 0.480 e. The van der Waals surface area contributed by atoms with Gasteiger partial charge >= 0.3 is 5.97 Å². The van der Waals surface area contributed by atoms with E-state index in [9.17, 15) is 4.79 Å². The molecule has 0 amide bonds. The summed E-state index contributed by atoms with van der Waals surface area (Å²) in [4.78, 5) is 11.1. The third kappa shape index (κ3) is 3.02. The van der Waals surface area contributed by atoms with Gasteiger partial charge in [-0.2, -0.15) is 0 Å². The lowest BCUT2D eigenvalue weighted by atomic mass is 9.76. The summed E-state index contributed by atoms with van der Waals surface area (Å²) in [6.07, 6.45) is 5.95. The number of carboxylic acids is 1. The van der Waals surface area contributed by atoms with Crippen LogP contribution in [-0.2, 0) is 4.79 Å². The lowest BCUT2D eigenvalue weighted by Gasteiger charge is -2.31. The fraction of sp³-hybridized carbons (Fsp3) is 0.929. The zero-order valence-corrected chi connectivity index (χ0v) is 12.5. The van der Waals surface area contributed by atoms with Crippen LogP contribution in [0, 0.1) is 11.3 Å². The van der Waals surface area contributed by atoms with E-state index in [4.69, 9.17) is 5.11 Å². The fourth-order valence-corrected chi connectivity index (χ4v) is 4.73. The van der Waals surface area contributed by atoms with Crippen LogP contribution in [-0.4, -0.2) is 27.7 Å². The molecule has 0 radical (unpaired) electrons. The van der Waals surface area contributed by atoms with Crippen molar-refractivity contribution in [3.63, 3.8) is 0 Å². The molecular formula is C14H25NO2S. The molecule has 1 saturated heterocycles. The molecule has 0 aromatic heterocycles. The van der Waals surface area contributed by atoms with Crippen molar-refractivity contribution in [1.82, 2.24) is 5.32 Å². The molecule has 1 heterocycles. The van der Waals surface area contributed by atoms with Gasteiger partial charge in [-0.1, -0.05) is 27.2 Å². The summed E-state index contributed by atoms with van der Waals surface area (Å²) in [6, 6.07) is -0.346. The Hall–Kier alpha value is -0.220. The zero-order valence-electron chi connectivity index (χ0n) is 11.7. The minimum absolute atomic E-state index is 0.0447. The van der Waals surface area contributed by atoms with E-state index in [1.54, 1.807) is 0 Å². The Kier molecular flexibility index (Phi) is 3.98. The number of nitrogens with one attached hydrogen (secondary N) is 1. The summed E-state index contributed by atoms with van der Waals surface area (Å²) >= 11 is 1.84. The van der Waals surface area contributed by atoms with Crippen molar-refractivity contribution < 1.29 is 9.90 Å². The van der Waals surface area contributed by atoms with Gasteiger partial charge in [0.25, 0.3) is 0 Å². The van der Waals surface area contributed by atoms with E-state index < -0.39 is 5.97 Å². The van der Waals surface area contributed by atoms with E-state index in [0.717, 1.165) is 24.5 Å². The molecule has 3 nitrogen and oxygen atoms in total. The standard InChI is InChI=1S/C14H25NO2S/c1-13(2,3)10-5-4-7-14(8-6-10)15-11(9-18-14)12(16)17/h10-11,15H,4-9H2,1-3H3,(H,16,17)/t10?,11-,14?/m0/s1. The van der Waals surface area contributed by atoms with Gasteiger partial charge < -0.3 is 5.11 Å². The highest BCUT2D eigenvalue weighted by molar-refractivity contribution is 8.00. The third-order valence-corrected chi connectivity index (χ3v) is 6.09. The van der Waals surface area contributed by atoms with Crippen LogP contribution in [0.25, 0.3) is 0 Å². The summed E-state index contributed by atoms with van der Waals surface area (Å²) in [5.74, 6) is 0.786. The number of hydrogen-bond acceptors (Lipinski definition) is 3. The number of aliphatic carboxylic acids is 1. The van der Waals surface area contributed by atoms with Crippen molar-refractivity contribution >= 4 is 17.7 Å². The minimum Gasteiger partial charge on any atom is -0.480 e. The quantitative estimate of drug-likeness (QED) is 0.769. The number of hydrogen-bond donors (Lipinski definition) is 2. The van der Waals surface area contributed by atoms with Gasteiger partial charge in [-0.25, -0.2) is 0 Å². The van der Waals surface area contributed by atoms with Crippen LogP contribution in [0.15, 0.2) is 0 Å². The molecule has 18 heavy (non-hydrogen) atoms. The van der Waals surface area contributed by atoms with Gasteiger partial charge in [-0.3, -0.25) is 10.1 Å². The van der Waals surface area contributed by atoms with Crippen molar-refractivity contribution in [1.29, 1.82) is 0 Å². The second-order valence-corrected chi connectivity index (χ2v) is 8.24. The SMILES string of the molecule is CC(C)(C)C1CCCC2(CC1)N[C@H](C(=O)O)CS2. The number of rotatable bonds is 1. The minimum atomic E-state index is -0.698. The predicted octanol–water partition coefficient (Wildman–Crippen LogP) is 3.10. The Bertz CT molecular complexity index is 326. The van der Waals surface area contributed by atoms with Gasteiger partial charge in [0.15, 0.2) is 0 Å². The number of thioether (sulfide) groups is 1. The van der Waals surface area contributed by atoms with E-state index in [-0.39, 0.29) is 10.9 Å². The van der Waals surface area contributed by atoms with Gasteiger partial charge in [0.05, 0.1) is 4.87 Å². The molecule has 104 valence electrons. The molecular weight excluding hydrogens is 246 g/mol. The Morgan fingerprint density at radius 3 is 2.61 bits per heavy atom. The first-order chi connectivity index (χ1) is 8.32. The molecule has 4 heteroatoms. The van der Waals surface area contributed by atoms with Crippen molar-refractivity contribution in [3.8, 4) is 0 Å². The van der Waals surface area contributed by atoms with E-state index >= 15 is 0 Å². The number of carboxylic acid groups (broad SMARTS) is 1. The normalized spacial score (nSPS) is 37.7. The highest BCUT2D eigenvalue weighted by Crippen LogP contribution is 2.46. The third-order valence-electron chi connectivity index (χ3n) is 4.52. The molecule has 1 saturated carbocycles. The maximum Gasteiger partial charge on any atom is 0.321 e. The molecule has 0 aromatic rings. The van der Waals surface area contributed by atoms with E-state index in [2.05, 4.69) is 26.1 Å². The lowest BCUT2D eigenvalue weighted by molar-refractivity contribution is -0.138. The van der Waals surface area contributed by atoms with Crippen LogP contribution in [0.5, 0.6) is 0 Å². The summed E-state index contributed by atoms with van der Waals surface area (Å²) in [5.41, 5.74) is 0.376. The Labute approximate surface area is 114 Å². The first-order valence-corrected chi connectivity index (χ1v) is 7.95. The van der Waals surface area contributed by atoms with Crippen LogP contribution >= 0.6 is 11.8 Å². The summed E-state index contributed by atoms with van der Waals surface area (Å²) < 4.78 is 0. The zero-order chi connectivity index (χ0) is 13.4. The van der Waals surface area contributed by atoms with Crippen LogP contribution in [0.3, 0.4) is 0 Å². The topological polar surface area (TPSA) is 49.3 Å². The van der Waals surface area contributed by atoms with Gasteiger partial charge in [0.2, 0.25) is 0 Å². The molecule has 2 unspecified atom stereocenters. The highest BCUT2D eigenvalue weighted by Gasteiger charge is 2.43. The monoisotopic (exact) mass is 271 g/mol. The number of carbonyl (C=O) groups is 1. The summed E-state index contributed by atoms with van der Waals surface area (Å²) in [7, 11) is 0. The van der Waals surface area contributed by atoms with Crippen LogP contribution < -0.4 is 5.32 Å². The highest BCUT2D eigenvalue weighted by atomic mass is 32.2. The lowest BCUT2D eigenvalue weighted by Crippen LogP contribution is -2.44. The fourth-order valence-electron chi connectivity index (χ4n) is 3.24. The molecule has 1 spiro atoms. The van der Waals surface area contributed by atoms with Crippen LogP contribution in [0.4, 0.5) is 0 Å². The van der Waals surface area contributed by atoms with Crippen molar-refractivity contribution in [2.24, 2.45) is 11.3 Å². The van der Waals surface area contributed by atoms with Gasteiger partial charge in [0, 0.05) is 5.75 Å². The van der Waals surface area contributed by atoms with E-state index in [1.165, 1.54) is 19.3 Å². The molecule has 3 atom stereocenters. The maximum atomic E-state index is 11.1. The van der Waals surface area contributed by atoms with Gasteiger partial charge in [-0.05, 0) is 37.0 Å². The van der Waals surface area contributed by atoms with Gasteiger partial charge in [0.1, 0.15) is 6.04 Å². The molecule has 2 fully saturated rings. The summed E-state index contributed by atoms with van der Waals surface area (Å²) in [5, 5.41) is 12.5. The first-order valence-electron chi connectivity index (χ1n) is 6.97. The van der Waals surface area contributed by atoms with Gasteiger partial charge in [-0.15, -0.1) is 11.8 Å². The Balaban J connectivity index is 1.99. The maximum absolute atomic E-state index is 11.1. The summed E-state index contributed by atoms with van der Waals surface area (Å²) in [6.45, 7) is 6.97. The van der Waals surface area contributed by atoms with Crippen LogP contribution in [0.2, 0.25) is 0 Å². The Morgan fingerprint density at radius 2 is 2.06 bits per heavy atom. The molecule has 0 aromatic carbocycles. The first kappa shape index (κ1) is 14.2. The molecule has 2 rings (SSSR count). The average Bonchev–Trinajstić information content (AvgIpc) is 2.53. The molecule has 2 N–H and O–H groups in total. The van der Waals surface area contributed by atoms with Crippen molar-refractivity contribution in [3.05, 3.63) is 0 Å². The van der Waals surface area contributed by atoms with E-state index in [0.29, 0.717) is 5.41 Å². The smallest absolute Gasteiger partial charge is 0.321 e. The molecule has 1 aliphatic carbocycles. The molecule has 0 bridgehead atoms. The van der Waals surface area contributed by atoms with E-state index in [1.807, 2.05) is 11.8 Å². The Morgan fingerprint density at radius 1 is 1.33 bits per heavy atom. The predicted molar refractivity (Wildman–Crippen MR) is 75.8 cm³/mol.